The number of carboxylic acid groups (broad SMARTS) is 1. The lowest BCUT2D eigenvalue weighted by atomic mass is 10.0. The van der Waals surface area contributed by atoms with E-state index in [2.05, 4.69) is 65.2 Å². The van der Waals surface area contributed by atoms with Gasteiger partial charge in [-0.25, -0.2) is 15.0 Å². The molecule has 1 unspecified atom stereocenters. The van der Waals surface area contributed by atoms with Crippen molar-refractivity contribution in [2.24, 2.45) is 5.92 Å². The maximum atomic E-state index is 8.36. The van der Waals surface area contributed by atoms with Crippen LogP contribution < -0.4 is 5.01 Å². The molecule has 7 nitrogen and oxygen atoms in total. The zero-order valence-corrected chi connectivity index (χ0v) is 16.1. The first-order chi connectivity index (χ1) is 11.1. The molecule has 0 spiro atoms. The highest BCUT2D eigenvalue weighted by molar-refractivity contribution is 14.2. The fraction of sp³-hybridized carbons (Fsp3) is 0.500. The van der Waals surface area contributed by atoms with E-state index in [1.165, 1.54) is 12.8 Å². The molecule has 3 heterocycles. The van der Waals surface area contributed by atoms with Gasteiger partial charge < -0.3 is 5.11 Å². The third-order valence-corrected chi connectivity index (χ3v) is 5.58. The molecular weight excluding hydrogens is 429 g/mol. The van der Waals surface area contributed by atoms with E-state index < -0.39 is 0 Å². The lowest BCUT2D eigenvalue weighted by Crippen LogP contribution is -2.46. The number of rotatable bonds is 3. The summed E-state index contributed by atoms with van der Waals surface area (Å²) in [6.45, 7) is 4.27. The van der Waals surface area contributed by atoms with Crippen molar-refractivity contribution in [2.45, 2.75) is 19.8 Å². The Balaban J connectivity index is 0.000000595. The summed E-state index contributed by atoms with van der Waals surface area (Å²) in [7, 11) is 3.73. The van der Waals surface area contributed by atoms with Crippen LogP contribution in [0.15, 0.2) is 18.6 Å². The standard InChI is InChI=1S/C13H18IN5S.CH2O2/c1-10-4-3-6-18(8-10)17(2)12-11-5-7-19(20-14)13(11)16-9-15-12;2-1-3/h5,7,9-10H,3-4,6,8H2,1-2H3;1H,(H,2,3). The van der Waals surface area contributed by atoms with Gasteiger partial charge >= 0.3 is 0 Å². The molecule has 0 amide bonds. The minimum Gasteiger partial charge on any atom is -0.483 e. The van der Waals surface area contributed by atoms with E-state index in [0.717, 1.165) is 35.9 Å². The van der Waals surface area contributed by atoms with Gasteiger partial charge in [0.2, 0.25) is 0 Å². The van der Waals surface area contributed by atoms with Crippen LogP contribution in [0.4, 0.5) is 5.82 Å². The van der Waals surface area contributed by atoms with Crippen molar-refractivity contribution in [3.8, 4) is 0 Å². The van der Waals surface area contributed by atoms with Crippen molar-refractivity contribution in [1.82, 2.24) is 18.9 Å². The summed E-state index contributed by atoms with van der Waals surface area (Å²) in [4.78, 5) is 17.3. The van der Waals surface area contributed by atoms with Crippen molar-refractivity contribution >= 4 is 53.6 Å². The molecule has 1 atom stereocenters. The van der Waals surface area contributed by atoms with Crippen molar-refractivity contribution in [1.29, 1.82) is 0 Å². The minimum atomic E-state index is -0.250. The Hall–Kier alpha value is -1.07. The van der Waals surface area contributed by atoms with Crippen LogP contribution in [0.2, 0.25) is 0 Å². The summed E-state index contributed by atoms with van der Waals surface area (Å²) in [5.74, 6) is 1.74. The van der Waals surface area contributed by atoms with Gasteiger partial charge in [0.15, 0.2) is 11.5 Å². The first kappa shape index (κ1) is 18.3. The smallest absolute Gasteiger partial charge is 0.290 e. The number of hydrogen-bond donors (Lipinski definition) is 1. The van der Waals surface area contributed by atoms with Crippen molar-refractivity contribution in [2.75, 3.05) is 25.1 Å². The SMILES string of the molecule is CC1CCCN(N(C)c2ncnc3c2ccn3SI)C1.O=CO. The molecule has 0 aromatic carbocycles. The highest BCUT2D eigenvalue weighted by Gasteiger charge is 2.22. The number of hydrogen-bond acceptors (Lipinski definition) is 6. The Morgan fingerprint density at radius 3 is 2.91 bits per heavy atom. The first-order valence-electron chi connectivity index (χ1n) is 7.30. The maximum absolute atomic E-state index is 8.36. The van der Waals surface area contributed by atoms with E-state index in [9.17, 15) is 0 Å². The quantitative estimate of drug-likeness (QED) is 0.571. The zero-order chi connectivity index (χ0) is 16.8. The number of piperidine rings is 1. The molecule has 3 rings (SSSR count). The Morgan fingerprint density at radius 1 is 1.52 bits per heavy atom. The summed E-state index contributed by atoms with van der Waals surface area (Å²) in [6, 6.07) is 2.10. The summed E-state index contributed by atoms with van der Waals surface area (Å²) in [5.41, 5.74) is 0.978. The lowest BCUT2D eigenvalue weighted by molar-refractivity contribution is -0.122. The Kier molecular flexibility index (Phi) is 6.90. The highest BCUT2D eigenvalue weighted by atomic mass is 127. The fourth-order valence-corrected chi connectivity index (χ4v) is 4.07. The molecule has 0 aliphatic carbocycles. The van der Waals surface area contributed by atoms with Crippen molar-refractivity contribution in [3.63, 3.8) is 0 Å². The predicted octanol–water partition coefficient (Wildman–Crippen LogP) is 3.06. The zero-order valence-electron chi connectivity index (χ0n) is 13.1. The van der Waals surface area contributed by atoms with Gasteiger partial charge in [-0.15, -0.1) is 0 Å². The van der Waals surface area contributed by atoms with Crippen LogP contribution in [0.3, 0.4) is 0 Å². The van der Waals surface area contributed by atoms with Gasteiger partial charge in [0.05, 0.1) is 5.39 Å². The monoisotopic (exact) mass is 449 g/mol. The third kappa shape index (κ3) is 4.27. The molecule has 0 radical (unpaired) electrons. The average molecular weight is 449 g/mol. The molecule has 1 N–H and O–H groups in total. The summed E-state index contributed by atoms with van der Waals surface area (Å²) >= 11 is 2.27. The third-order valence-electron chi connectivity index (χ3n) is 3.87. The average Bonchev–Trinajstić information content (AvgIpc) is 2.98. The van der Waals surface area contributed by atoms with Gasteiger partial charge in [-0.05, 0) is 24.8 Å². The number of hydrazine groups is 1. The predicted molar refractivity (Wildman–Crippen MR) is 102 cm³/mol. The Morgan fingerprint density at radius 2 is 2.26 bits per heavy atom. The number of aromatic nitrogens is 3. The van der Waals surface area contributed by atoms with Crippen LogP contribution in [0.5, 0.6) is 0 Å². The molecule has 0 saturated carbocycles. The normalized spacial score (nSPS) is 18.3. The Labute approximate surface area is 151 Å². The van der Waals surface area contributed by atoms with E-state index >= 15 is 0 Å². The molecule has 2 aromatic rings. The van der Waals surface area contributed by atoms with Crippen LogP contribution in [-0.4, -0.2) is 50.7 Å². The van der Waals surface area contributed by atoms with Crippen LogP contribution in [-0.2, 0) is 4.79 Å². The van der Waals surface area contributed by atoms with Gasteiger partial charge in [-0.2, -0.15) is 0 Å². The van der Waals surface area contributed by atoms with Crippen LogP contribution in [0, 0.1) is 5.92 Å². The fourth-order valence-electron chi connectivity index (χ4n) is 2.80. The Bertz CT molecular complexity index is 653. The molecule has 1 aliphatic heterocycles. The lowest BCUT2D eigenvalue weighted by Gasteiger charge is -2.38. The second-order valence-corrected chi connectivity index (χ2v) is 7.15. The van der Waals surface area contributed by atoms with Crippen LogP contribution in [0.25, 0.3) is 11.0 Å². The number of nitrogens with zero attached hydrogens (tertiary/aromatic N) is 5. The van der Waals surface area contributed by atoms with Gasteiger partial charge in [-0.3, -0.25) is 13.8 Å². The van der Waals surface area contributed by atoms with Gasteiger partial charge in [0.1, 0.15) is 6.33 Å². The molecule has 1 aliphatic rings. The van der Waals surface area contributed by atoms with E-state index in [1.54, 1.807) is 15.4 Å². The molecule has 9 heteroatoms. The van der Waals surface area contributed by atoms with Crippen molar-refractivity contribution < 1.29 is 9.90 Å². The molecule has 2 aromatic heterocycles. The van der Waals surface area contributed by atoms with Gasteiger partial charge in [-0.1, -0.05) is 6.92 Å². The molecule has 1 fully saturated rings. The molecule has 1 saturated heterocycles. The van der Waals surface area contributed by atoms with Crippen LogP contribution >= 0.6 is 30.3 Å². The summed E-state index contributed by atoms with van der Waals surface area (Å²) < 4.78 is 2.06. The van der Waals surface area contributed by atoms with Gasteiger partial charge in [0, 0.05) is 56.7 Å². The second kappa shape index (κ2) is 8.69. The minimum absolute atomic E-state index is 0.250. The molecule has 23 heavy (non-hydrogen) atoms. The number of carbonyl (C=O) groups is 1. The highest BCUT2D eigenvalue weighted by Crippen LogP contribution is 2.29. The number of halogens is 1. The van der Waals surface area contributed by atoms with E-state index in [4.69, 9.17) is 9.90 Å². The van der Waals surface area contributed by atoms with E-state index in [1.807, 2.05) is 6.20 Å². The van der Waals surface area contributed by atoms with Crippen molar-refractivity contribution in [3.05, 3.63) is 18.6 Å². The van der Waals surface area contributed by atoms with E-state index in [-0.39, 0.29) is 6.47 Å². The maximum Gasteiger partial charge on any atom is 0.290 e. The van der Waals surface area contributed by atoms with Crippen LogP contribution in [0.1, 0.15) is 19.8 Å². The molecule has 0 bridgehead atoms. The molecule has 126 valence electrons. The topological polar surface area (TPSA) is 74.5 Å². The summed E-state index contributed by atoms with van der Waals surface area (Å²) in [6.07, 6.45) is 6.28. The number of anilines is 1. The summed E-state index contributed by atoms with van der Waals surface area (Å²) in [5, 5.41) is 12.6. The van der Waals surface area contributed by atoms with E-state index in [0.29, 0.717) is 0 Å². The largest absolute Gasteiger partial charge is 0.483 e. The number of fused-ring (bicyclic) bond motifs is 1. The molecular formula is C14H20IN5O2S. The van der Waals surface area contributed by atoms with Gasteiger partial charge in [0.25, 0.3) is 6.47 Å². The first-order valence-corrected chi connectivity index (χ1v) is 10.6. The second-order valence-electron chi connectivity index (χ2n) is 5.43.